The van der Waals surface area contributed by atoms with Crippen molar-refractivity contribution in [1.82, 2.24) is 19.7 Å². The van der Waals surface area contributed by atoms with Crippen molar-refractivity contribution in [2.75, 3.05) is 11.9 Å². The van der Waals surface area contributed by atoms with Gasteiger partial charge in [-0.1, -0.05) is 0 Å². The lowest BCUT2D eigenvalue weighted by Crippen LogP contribution is -2.27. The molecule has 0 bridgehead atoms. The van der Waals surface area contributed by atoms with E-state index in [1.54, 1.807) is 23.0 Å². The van der Waals surface area contributed by atoms with Gasteiger partial charge in [-0.25, -0.2) is 14.8 Å². The second kappa shape index (κ2) is 5.92. The van der Waals surface area contributed by atoms with Crippen LogP contribution in [0.25, 0.3) is 22.3 Å². The standard InChI is InChI=1S/C17H19N5O2/c1-10(2)22(4)16-15(12-8-18-21(3)9-12)19-13-6-5-11(17(23)24)7-14(13)20-16/h5-10H,1-4H3,(H,23,24). The van der Waals surface area contributed by atoms with E-state index in [-0.39, 0.29) is 11.6 Å². The van der Waals surface area contributed by atoms with Gasteiger partial charge in [0.1, 0.15) is 5.69 Å². The zero-order chi connectivity index (χ0) is 17.4. The average Bonchev–Trinajstić information content (AvgIpc) is 2.98. The van der Waals surface area contributed by atoms with Crippen molar-refractivity contribution in [3.63, 3.8) is 0 Å². The fraction of sp³-hybridized carbons (Fsp3) is 0.294. The predicted octanol–water partition coefficient (Wildman–Crippen LogP) is 2.57. The number of aryl methyl sites for hydroxylation is 1. The Hall–Kier alpha value is -2.96. The van der Waals surface area contributed by atoms with Crippen LogP contribution in [0.5, 0.6) is 0 Å². The van der Waals surface area contributed by atoms with Gasteiger partial charge in [0.05, 0.1) is 22.8 Å². The lowest BCUT2D eigenvalue weighted by molar-refractivity contribution is 0.0697. The third-order valence-electron chi connectivity index (χ3n) is 3.98. The number of fused-ring (bicyclic) bond motifs is 1. The average molecular weight is 325 g/mol. The van der Waals surface area contributed by atoms with Crippen LogP contribution in [0.15, 0.2) is 30.6 Å². The van der Waals surface area contributed by atoms with Gasteiger partial charge in [0.2, 0.25) is 0 Å². The van der Waals surface area contributed by atoms with Crippen molar-refractivity contribution in [3.8, 4) is 11.3 Å². The molecule has 0 aliphatic carbocycles. The number of carboxylic acids is 1. The molecule has 3 aromatic rings. The highest BCUT2D eigenvalue weighted by Crippen LogP contribution is 2.30. The van der Waals surface area contributed by atoms with Gasteiger partial charge in [-0.2, -0.15) is 5.10 Å². The van der Waals surface area contributed by atoms with Gasteiger partial charge in [-0.3, -0.25) is 4.68 Å². The summed E-state index contributed by atoms with van der Waals surface area (Å²) in [6.07, 6.45) is 3.64. The van der Waals surface area contributed by atoms with E-state index in [0.717, 1.165) is 11.3 Å². The lowest BCUT2D eigenvalue weighted by Gasteiger charge is -2.24. The summed E-state index contributed by atoms with van der Waals surface area (Å²) in [7, 11) is 3.80. The van der Waals surface area contributed by atoms with Gasteiger partial charge < -0.3 is 10.0 Å². The number of anilines is 1. The number of benzene rings is 1. The van der Waals surface area contributed by atoms with E-state index in [2.05, 4.69) is 23.9 Å². The van der Waals surface area contributed by atoms with Crippen LogP contribution in [-0.2, 0) is 7.05 Å². The summed E-state index contributed by atoms with van der Waals surface area (Å²) in [5, 5.41) is 13.4. The molecule has 124 valence electrons. The molecule has 7 nitrogen and oxygen atoms in total. The van der Waals surface area contributed by atoms with Crippen LogP contribution in [0.4, 0.5) is 5.82 Å². The van der Waals surface area contributed by atoms with E-state index in [4.69, 9.17) is 4.98 Å². The summed E-state index contributed by atoms with van der Waals surface area (Å²) in [4.78, 5) is 22.6. The highest BCUT2D eigenvalue weighted by Gasteiger charge is 2.18. The number of aromatic carboxylic acids is 1. The van der Waals surface area contributed by atoms with E-state index in [1.807, 2.05) is 25.2 Å². The fourth-order valence-corrected chi connectivity index (χ4v) is 2.41. The molecular formula is C17H19N5O2. The number of hydrogen-bond acceptors (Lipinski definition) is 5. The van der Waals surface area contributed by atoms with Crippen LogP contribution in [0.2, 0.25) is 0 Å². The van der Waals surface area contributed by atoms with Crippen LogP contribution in [0, 0.1) is 0 Å². The molecule has 0 radical (unpaired) electrons. The fourth-order valence-electron chi connectivity index (χ4n) is 2.41. The topological polar surface area (TPSA) is 84.1 Å². The van der Waals surface area contributed by atoms with Crippen molar-refractivity contribution in [2.45, 2.75) is 19.9 Å². The molecule has 1 N–H and O–H groups in total. The summed E-state index contributed by atoms with van der Waals surface area (Å²) in [5.41, 5.74) is 3.01. The Kier molecular flexibility index (Phi) is 3.92. The number of carboxylic acid groups (broad SMARTS) is 1. The Balaban J connectivity index is 2.26. The molecule has 0 amide bonds. The van der Waals surface area contributed by atoms with Crippen LogP contribution < -0.4 is 4.90 Å². The van der Waals surface area contributed by atoms with Gasteiger partial charge in [0, 0.05) is 31.9 Å². The Bertz CT molecular complexity index is 916. The van der Waals surface area contributed by atoms with Gasteiger partial charge in [-0.15, -0.1) is 0 Å². The van der Waals surface area contributed by atoms with Crippen molar-refractivity contribution in [3.05, 3.63) is 36.2 Å². The summed E-state index contributed by atoms with van der Waals surface area (Å²) >= 11 is 0. The molecule has 0 saturated heterocycles. The first-order valence-corrected chi connectivity index (χ1v) is 7.63. The molecule has 24 heavy (non-hydrogen) atoms. The van der Waals surface area contributed by atoms with Crippen molar-refractivity contribution >= 4 is 22.8 Å². The predicted molar refractivity (Wildman–Crippen MR) is 92.2 cm³/mol. The number of rotatable bonds is 4. The molecule has 0 saturated carbocycles. The SMILES string of the molecule is CC(C)N(C)c1nc2cc(C(=O)O)ccc2nc1-c1cnn(C)c1. The van der Waals surface area contributed by atoms with Crippen molar-refractivity contribution in [1.29, 1.82) is 0 Å². The van der Waals surface area contributed by atoms with Crippen LogP contribution in [0.1, 0.15) is 24.2 Å². The third kappa shape index (κ3) is 2.80. The summed E-state index contributed by atoms with van der Waals surface area (Å²) in [6.45, 7) is 4.12. The summed E-state index contributed by atoms with van der Waals surface area (Å²) in [6, 6.07) is 4.99. The molecule has 0 unspecified atom stereocenters. The normalized spacial score (nSPS) is 11.2. The Morgan fingerprint density at radius 3 is 2.58 bits per heavy atom. The first-order chi connectivity index (χ1) is 11.4. The zero-order valence-corrected chi connectivity index (χ0v) is 14.1. The maximum Gasteiger partial charge on any atom is 0.335 e. The maximum atomic E-state index is 11.2. The minimum Gasteiger partial charge on any atom is -0.478 e. The smallest absolute Gasteiger partial charge is 0.335 e. The van der Waals surface area contributed by atoms with Crippen molar-refractivity contribution < 1.29 is 9.90 Å². The lowest BCUT2D eigenvalue weighted by atomic mass is 10.1. The molecule has 2 aromatic heterocycles. The minimum absolute atomic E-state index is 0.198. The largest absolute Gasteiger partial charge is 0.478 e. The first-order valence-electron chi connectivity index (χ1n) is 7.63. The quantitative estimate of drug-likeness (QED) is 0.793. The van der Waals surface area contributed by atoms with Gasteiger partial charge in [-0.05, 0) is 32.0 Å². The molecule has 0 aliphatic heterocycles. The number of hydrogen-bond donors (Lipinski definition) is 1. The van der Waals surface area contributed by atoms with E-state index in [0.29, 0.717) is 16.9 Å². The Morgan fingerprint density at radius 1 is 1.25 bits per heavy atom. The highest BCUT2D eigenvalue weighted by molar-refractivity contribution is 5.93. The molecule has 0 fully saturated rings. The monoisotopic (exact) mass is 325 g/mol. The third-order valence-corrected chi connectivity index (χ3v) is 3.98. The van der Waals surface area contributed by atoms with E-state index in [1.165, 1.54) is 6.07 Å². The number of carbonyl (C=O) groups is 1. The molecular weight excluding hydrogens is 306 g/mol. The minimum atomic E-state index is -0.978. The first kappa shape index (κ1) is 15.9. The second-order valence-electron chi connectivity index (χ2n) is 6.01. The summed E-state index contributed by atoms with van der Waals surface area (Å²) in [5.74, 6) is -0.276. The molecule has 3 rings (SSSR count). The van der Waals surface area contributed by atoms with Gasteiger partial charge in [0.15, 0.2) is 5.82 Å². The second-order valence-corrected chi connectivity index (χ2v) is 6.01. The van der Waals surface area contributed by atoms with Gasteiger partial charge in [0.25, 0.3) is 0 Å². The zero-order valence-electron chi connectivity index (χ0n) is 14.1. The number of nitrogens with zero attached hydrogens (tertiary/aromatic N) is 5. The molecule has 0 spiro atoms. The van der Waals surface area contributed by atoms with E-state index >= 15 is 0 Å². The Morgan fingerprint density at radius 2 is 2.00 bits per heavy atom. The number of aromatic nitrogens is 4. The van der Waals surface area contributed by atoms with Crippen LogP contribution in [-0.4, -0.2) is 43.9 Å². The molecule has 0 atom stereocenters. The van der Waals surface area contributed by atoms with Crippen LogP contribution in [0.3, 0.4) is 0 Å². The van der Waals surface area contributed by atoms with Crippen molar-refractivity contribution in [2.24, 2.45) is 7.05 Å². The van der Waals surface area contributed by atoms with Crippen LogP contribution >= 0.6 is 0 Å². The van der Waals surface area contributed by atoms with E-state index < -0.39 is 5.97 Å². The molecule has 7 heteroatoms. The summed E-state index contributed by atoms with van der Waals surface area (Å²) < 4.78 is 1.72. The highest BCUT2D eigenvalue weighted by atomic mass is 16.4. The van der Waals surface area contributed by atoms with E-state index in [9.17, 15) is 9.90 Å². The molecule has 0 aliphatic rings. The molecule has 2 heterocycles. The van der Waals surface area contributed by atoms with Gasteiger partial charge >= 0.3 is 5.97 Å². The maximum absolute atomic E-state index is 11.2. The molecule has 1 aromatic carbocycles. The Labute approximate surface area is 139 Å².